The number of nitrogens with zero attached hydrogens (tertiary/aromatic N) is 3. The predicted octanol–water partition coefficient (Wildman–Crippen LogP) is 2.42. The molecule has 2 saturated heterocycles. The number of aryl methyl sites for hydroxylation is 1. The molecule has 3 aliphatic rings. The maximum atomic E-state index is 12.3. The average Bonchev–Trinajstić information content (AvgIpc) is 3.07. The molecule has 3 fully saturated rings. The summed E-state index contributed by atoms with van der Waals surface area (Å²) < 4.78 is 13.9. The second-order valence-corrected chi connectivity index (χ2v) is 8.91. The first-order valence-electron chi connectivity index (χ1n) is 10.8. The smallest absolute Gasteiger partial charge is 0.228 e. The molecule has 8 nitrogen and oxygen atoms in total. The van der Waals surface area contributed by atoms with Crippen LogP contribution in [0.15, 0.2) is 36.7 Å². The molecule has 5 atom stereocenters. The molecule has 160 valence electrons. The van der Waals surface area contributed by atoms with Gasteiger partial charge in [0.05, 0.1) is 24.4 Å². The van der Waals surface area contributed by atoms with Crippen LogP contribution in [0.25, 0.3) is 16.6 Å². The van der Waals surface area contributed by atoms with E-state index in [0.717, 1.165) is 41.1 Å². The summed E-state index contributed by atoms with van der Waals surface area (Å²) in [5.74, 6) is 1.96. The summed E-state index contributed by atoms with van der Waals surface area (Å²) >= 11 is 0. The largest absolute Gasteiger partial charge is 0.484 e. The molecule has 0 aromatic carbocycles. The Labute approximate surface area is 179 Å². The Balaban J connectivity index is 1.30. The first-order valence-corrected chi connectivity index (χ1v) is 10.8. The molecular weight excluding hydrogens is 394 g/mol. The van der Waals surface area contributed by atoms with E-state index >= 15 is 0 Å². The summed E-state index contributed by atoms with van der Waals surface area (Å²) in [5.41, 5.74) is 3.83. The van der Waals surface area contributed by atoms with Gasteiger partial charge < -0.3 is 20.1 Å². The van der Waals surface area contributed by atoms with Crippen LogP contribution in [0.1, 0.15) is 19.0 Å². The Hall–Kier alpha value is -2.97. The number of rotatable bonds is 5. The molecule has 1 amide bonds. The number of anilines is 1. The van der Waals surface area contributed by atoms with Crippen molar-refractivity contribution in [2.75, 3.05) is 18.5 Å². The van der Waals surface area contributed by atoms with Crippen molar-refractivity contribution >= 4 is 17.2 Å². The van der Waals surface area contributed by atoms with Crippen LogP contribution >= 0.6 is 0 Å². The summed E-state index contributed by atoms with van der Waals surface area (Å²) in [6.45, 7) is 5.57. The van der Waals surface area contributed by atoms with Crippen molar-refractivity contribution in [3.8, 4) is 16.9 Å². The van der Waals surface area contributed by atoms with Gasteiger partial charge in [-0.05, 0) is 43.0 Å². The fourth-order valence-electron chi connectivity index (χ4n) is 4.59. The summed E-state index contributed by atoms with van der Waals surface area (Å²) in [4.78, 5) is 16.7. The normalized spacial score (nSPS) is 28.8. The molecule has 3 aromatic rings. The zero-order chi connectivity index (χ0) is 21.1. The number of carbonyl (C=O) groups is 1. The van der Waals surface area contributed by atoms with E-state index in [1.54, 1.807) is 10.7 Å². The van der Waals surface area contributed by atoms with Crippen LogP contribution in [0.2, 0.25) is 0 Å². The van der Waals surface area contributed by atoms with E-state index in [1.165, 1.54) is 0 Å². The van der Waals surface area contributed by atoms with E-state index in [0.29, 0.717) is 18.3 Å². The van der Waals surface area contributed by atoms with E-state index in [1.807, 2.05) is 31.3 Å². The number of hydrogen-bond donors (Lipinski definition) is 2. The number of hydrogen-bond acceptors (Lipinski definition) is 6. The first-order chi connectivity index (χ1) is 15.0. The van der Waals surface area contributed by atoms with Crippen LogP contribution < -0.4 is 15.4 Å². The third kappa shape index (κ3) is 3.36. The Bertz CT molecular complexity index is 1160. The standard InChI is InChI=1S/C23H25N5O3/c1-12-5-16(12)23(29)26-21-8-15-7-14(3-4-28(15)27-21)17-6-13(2)24-9-19(17)31-22-18-11-30-20(22)10-25-18/h3-4,6-9,12,16,18,20,22,25H,5,10-11H2,1-2H3,(H,26,27,29)/t12-,16-,18+,20+,22-/m1/s1. The Kier molecular flexibility index (Phi) is 4.26. The monoisotopic (exact) mass is 419 g/mol. The summed E-state index contributed by atoms with van der Waals surface area (Å²) in [5, 5.41) is 10.9. The molecule has 0 spiro atoms. The molecule has 3 aromatic heterocycles. The van der Waals surface area contributed by atoms with Crippen molar-refractivity contribution < 1.29 is 14.3 Å². The van der Waals surface area contributed by atoms with Gasteiger partial charge in [-0.1, -0.05) is 6.92 Å². The third-order valence-corrected chi connectivity index (χ3v) is 6.57. The highest BCUT2D eigenvalue weighted by atomic mass is 16.6. The maximum Gasteiger partial charge on any atom is 0.228 e. The van der Waals surface area contributed by atoms with Gasteiger partial charge in [0.2, 0.25) is 5.91 Å². The van der Waals surface area contributed by atoms with Crippen LogP contribution in [-0.4, -0.2) is 51.9 Å². The van der Waals surface area contributed by atoms with Crippen LogP contribution in [0.5, 0.6) is 5.75 Å². The highest BCUT2D eigenvalue weighted by Crippen LogP contribution is 2.38. The first kappa shape index (κ1) is 18.8. The second-order valence-electron chi connectivity index (χ2n) is 8.91. The molecule has 0 radical (unpaired) electrons. The van der Waals surface area contributed by atoms with E-state index in [9.17, 15) is 4.79 Å². The minimum Gasteiger partial charge on any atom is -0.484 e. The lowest BCUT2D eigenvalue weighted by Gasteiger charge is -2.19. The number of ether oxygens (including phenoxy) is 2. The number of morpholine rings is 1. The van der Waals surface area contributed by atoms with Crippen molar-refractivity contribution in [3.05, 3.63) is 42.4 Å². The van der Waals surface area contributed by atoms with E-state index < -0.39 is 0 Å². The van der Waals surface area contributed by atoms with Gasteiger partial charge in [-0.25, -0.2) is 4.52 Å². The third-order valence-electron chi connectivity index (χ3n) is 6.57. The summed E-state index contributed by atoms with van der Waals surface area (Å²) in [7, 11) is 0. The highest BCUT2D eigenvalue weighted by Gasteiger charge is 2.45. The maximum absolute atomic E-state index is 12.3. The average molecular weight is 419 g/mol. The van der Waals surface area contributed by atoms with Gasteiger partial charge >= 0.3 is 0 Å². The van der Waals surface area contributed by atoms with Gasteiger partial charge in [0, 0.05) is 36.0 Å². The Morgan fingerprint density at radius 2 is 2.23 bits per heavy atom. The fraction of sp³-hybridized carbons (Fsp3) is 0.435. The predicted molar refractivity (Wildman–Crippen MR) is 115 cm³/mol. The van der Waals surface area contributed by atoms with Gasteiger partial charge in [0.15, 0.2) is 5.82 Å². The number of pyridine rings is 2. The minimum atomic E-state index is -0.00594. The molecule has 31 heavy (non-hydrogen) atoms. The number of fused-ring (bicyclic) bond motifs is 3. The zero-order valence-electron chi connectivity index (χ0n) is 17.5. The van der Waals surface area contributed by atoms with Gasteiger partial charge in [-0.2, -0.15) is 5.10 Å². The Morgan fingerprint density at radius 1 is 1.35 bits per heavy atom. The molecule has 2 N–H and O–H groups in total. The summed E-state index contributed by atoms with van der Waals surface area (Å²) in [6.07, 6.45) is 4.73. The molecule has 8 heteroatoms. The van der Waals surface area contributed by atoms with Gasteiger partial charge in [0.1, 0.15) is 18.0 Å². The lowest BCUT2D eigenvalue weighted by Crippen LogP contribution is -2.34. The number of amides is 1. The van der Waals surface area contributed by atoms with Crippen molar-refractivity contribution in [2.45, 2.75) is 38.5 Å². The van der Waals surface area contributed by atoms with Crippen molar-refractivity contribution in [1.29, 1.82) is 0 Å². The van der Waals surface area contributed by atoms with Crippen LogP contribution in [0.4, 0.5) is 5.82 Å². The zero-order valence-corrected chi connectivity index (χ0v) is 17.5. The Morgan fingerprint density at radius 3 is 2.94 bits per heavy atom. The van der Waals surface area contributed by atoms with Crippen LogP contribution in [-0.2, 0) is 9.53 Å². The quantitative estimate of drug-likeness (QED) is 0.660. The lowest BCUT2D eigenvalue weighted by atomic mass is 10.1. The van der Waals surface area contributed by atoms with Crippen molar-refractivity contribution in [2.24, 2.45) is 11.8 Å². The number of carbonyl (C=O) groups excluding carboxylic acids is 1. The van der Waals surface area contributed by atoms with Gasteiger partial charge in [-0.15, -0.1) is 0 Å². The van der Waals surface area contributed by atoms with Crippen molar-refractivity contribution in [3.63, 3.8) is 0 Å². The topological polar surface area (TPSA) is 89.8 Å². The van der Waals surface area contributed by atoms with Gasteiger partial charge in [0.25, 0.3) is 0 Å². The van der Waals surface area contributed by atoms with Gasteiger partial charge in [-0.3, -0.25) is 9.78 Å². The van der Waals surface area contributed by atoms with Crippen LogP contribution in [0.3, 0.4) is 0 Å². The summed E-state index contributed by atoms with van der Waals surface area (Å²) in [6, 6.07) is 8.23. The van der Waals surface area contributed by atoms with E-state index in [2.05, 4.69) is 33.7 Å². The molecule has 6 rings (SSSR count). The molecule has 2 aliphatic heterocycles. The minimum absolute atomic E-state index is 0.00594. The second kappa shape index (κ2) is 7.03. The number of aromatic nitrogens is 3. The van der Waals surface area contributed by atoms with E-state index in [-0.39, 0.29) is 30.1 Å². The molecule has 2 bridgehead atoms. The molecular formula is C23H25N5O3. The molecule has 5 heterocycles. The molecule has 1 saturated carbocycles. The number of nitrogens with one attached hydrogen (secondary N) is 2. The molecule has 1 aliphatic carbocycles. The van der Waals surface area contributed by atoms with E-state index in [4.69, 9.17) is 9.47 Å². The fourth-order valence-corrected chi connectivity index (χ4v) is 4.59. The highest BCUT2D eigenvalue weighted by molar-refractivity contribution is 5.94. The SMILES string of the molecule is Cc1cc(-c2ccn3nc(NC(=O)[C@@H]4C[C@H]4C)cc3c2)c(O[C@@H]2[C@@H]3CO[C@H]2CN3)cn1. The van der Waals surface area contributed by atoms with Crippen LogP contribution in [0, 0.1) is 18.8 Å². The van der Waals surface area contributed by atoms with Crippen molar-refractivity contribution in [1.82, 2.24) is 19.9 Å². The molecule has 0 unspecified atom stereocenters. The lowest BCUT2D eigenvalue weighted by molar-refractivity contribution is -0.117.